The molecule has 1 unspecified atom stereocenters. The first kappa shape index (κ1) is 12.9. The lowest BCUT2D eigenvalue weighted by atomic mass is 10.1. The molecule has 1 rings (SSSR count). The predicted molar refractivity (Wildman–Crippen MR) is 56.7 cm³/mol. The van der Waals surface area contributed by atoms with Crippen LogP contribution in [0.15, 0.2) is 17.0 Å². The number of methoxy groups -OCH3 is 1. The maximum Gasteiger partial charge on any atom is 0.184 e. The molecule has 4 nitrogen and oxygen atoms in total. The number of rotatable bonds is 3. The first-order valence-electron chi connectivity index (χ1n) is 4.53. The molecule has 16 heavy (non-hydrogen) atoms. The molecule has 0 saturated heterocycles. The van der Waals surface area contributed by atoms with Crippen molar-refractivity contribution in [2.45, 2.75) is 17.9 Å². The van der Waals surface area contributed by atoms with Crippen LogP contribution in [0.3, 0.4) is 0 Å². The third-order valence-corrected chi connectivity index (χ3v) is 3.26. The Balaban J connectivity index is 3.53. The Hall–Kier alpha value is -1.14. The largest absolute Gasteiger partial charge is 0.493 e. The van der Waals surface area contributed by atoms with Crippen LogP contribution in [0.5, 0.6) is 5.75 Å². The third-order valence-electron chi connectivity index (χ3n) is 2.15. The number of aliphatic hydroxyl groups is 1. The van der Waals surface area contributed by atoms with E-state index in [1.54, 1.807) is 0 Å². The molecule has 6 heteroatoms. The second-order valence-electron chi connectivity index (χ2n) is 3.45. The van der Waals surface area contributed by atoms with Gasteiger partial charge < -0.3 is 9.84 Å². The molecular formula is C10H13FO4S. The van der Waals surface area contributed by atoms with Gasteiger partial charge in [-0.05, 0) is 13.0 Å². The van der Waals surface area contributed by atoms with Crippen molar-refractivity contribution < 1.29 is 22.7 Å². The van der Waals surface area contributed by atoms with Gasteiger partial charge in [-0.1, -0.05) is 6.07 Å². The summed E-state index contributed by atoms with van der Waals surface area (Å²) < 4.78 is 41.0. The fraction of sp³-hybridized carbons (Fsp3) is 0.400. The van der Waals surface area contributed by atoms with E-state index in [1.807, 2.05) is 0 Å². The summed E-state index contributed by atoms with van der Waals surface area (Å²) >= 11 is 0. The molecule has 0 fully saturated rings. The van der Waals surface area contributed by atoms with Crippen LogP contribution in [0.2, 0.25) is 0 Å². The van der Waals surface area contributed by atoms with Crippen molar-refractivity contribution in [2.24, 2.45) is 0 Å². The minimum absolute atomic E-state index is 0.215. The van der Waals surface area contributed by atoms with Crippen LogP contribution < -0.4 is 4.74 Å². The summed E-state index contributed by atoms with van der Waals surface area (Å²) in [5.74, 6) is -1.21. The summed E-state index contributed by atoms with van der Waals surface area (Å²) in [7, 11) is -2.43. The van der Waals surface area contributed by atoms with Crippen molar-refractivity contribution in [1.82, 2.24) is 0 Å². The zero-order chi connectivity index (χ0) is 12.5. The zero-order valence-corrected chi connectivity index (χ0v) is 10.0. The van der Waals surface area contributed by atoms with Crippen LogP contribution in [-0.2, 0) is 9.84 Å². The van der Waals surface area contributed by atoms with Gasteiger partial charge in [0.1, 0.15) is 4.90 Å². The summed E-state index contributed by atoms with van der Waals surface area (Å²) in [6.45, 7) is 1.44. The summed E-state index contributed by atoms with van der Waals surface area (Å²) in [5, 5.41) is 9.36. The number of sulfone groups is 1. The van der Waals surface area contributed by atoms with Crippen LogP contribution in [0.1, 0.15) is 18.6 Å². The number of halogens is 1. The maximum absolute atomic E-state index is 13.8. The summed E-state index contributed by atoms with van der Waals surface area (Å²) in [5.41, 5.74) is 0.215. The molecule has 1 atom stereocenters. The average Bonchev–Trinajstić information content (AvgIpc) is 2.14. The van der Waals surface area contributed by atoms with Gasteiger partial charge in [0.15, 0.2) is 21.4 Å². The van der Waals surface area contributed by atoms with Gasteiger partial charge in [0.25, 0.3) is 0 Å². The van der Waals surface area contributed by atoms with Crippen LogP contribution in [-0.4, -0.2) is 26.9 Å². The summed E-state index contributed by atoms with van der Waals surface area (Å²) in [6.07, 6.45) is -0.0227. The Bertz CT molecular complexity index is 494. The van der Waals surface area contributed by atoms with E-state index in [-0.39, 0.29) is 11.3 Å². The first-order chi connectivity index (χ1) is 7.29. The van der Waals surface area contributed by atoms with E-state index in [0.29, 0.717) is 0 Å². The van der Waals surface area contributed by atoms with Crippen molar-refractivity contribution in [2.75, 3.05) is 13.4 Å². The predicted octanol–water partition coefficient (Wildman–Crippen LogP) is 1.29. The molecule has 0 aliphatic carbocycles. The second kappa shape index (κ2) is 4.39. The van der Waals surface area contributed by atoms with Crippen molar-refractivity contribution in [3.05, 3.63) is 23.5 Å². The molecule has 0 amide bonds. The van der Waals surface area contributed by atoms with Crippen molar-refractivity contribution in [1.29, 1.82) is 0 Å². The van der Waals surface area contributed by atoms with E-state index < -0.39 is 26.7 Å². The Labute approximate surface area is 93.6 Å². The summed E-state index contributed by atoms with van der Waals surface area (Å²) in [4.78, 5) is -0.436. The van der Waals surface area contributed by atoms with E-state index in [4.69, 9.17) is 4.74 Å². The summed E-state index contributed by atoms with van der Waals surface area (Å²) in [6, 6.07) is 2.46. The molecule has 0 spiro atoms. The molecule has 1 aromatic rings. The molecule has 0 heterocycles. The number of ether oxygens (including phenoxy) is 1. The maximum atomic E-state index is 13.8. The van der Waals surface area contributed by atoms with Gasteiger partial charge in [-0.3, -0.25) is 0 Å². The van der Waals surface area contributed by atoms with Crippen molar-refractivity contribution >= 4 is 9.84 Å². The molecule has 0 aliphatic heterocycles. The van der Waals surface area contributed by atoms with Crippen molar-refractivity contribution in [3.8, 4) is 5.75 Å². The highest BCUT2D eigenvalue weighted by atomic mass is 32.2. The lowest BCUT2D eigenvalue weighted by Gasteiger charge is -2.13. The molecule has 0 aromatic heterocycles. The Morgan fingerprint density at radius 2 is 2.00 bits per heavy atom. The molecule has 90 valence electrons. The fourth-order valence-electron chi connectivity index (χ4n) is 1.38. The average molecular weight is 248 g/mol. The smallest absolute Gasteiger partial charge is 0.184 e. The Kier molecular flexibility index (Phi) is 3.54. The first-order valence-corrected chi connectivity index (χ1v) is 6.42. The van der Waals surface area contributed by atoms with Crippen LogP contribution >= 0.6 is 0 Å². The molecular weight excluding hydrogens is 235 g/mol. The van der Waals surface area contributed by atoms with Gasteiger partial charge in [0, 0.05) is 11.8 Å². The normalized spacial score (nSPS) is 13.6. The lowest BCUT2D eigenvalue weighted by Crippen LogP contribution is -2.06. The highest BCUT2D eigenvalue weighted by Gasteiger charge is 2.22. The number of aliphatic hydroxyl groups excluding tert-OH is 1. The van der Waals surface area contributed by atoms with Gasteiger partial charge in [0.05, 0.1) is 13.2 Å². The van der Waals surface area contributed by atoms with Crippen LogP contribution in [0.25, 0.3) is 0 Å². The molecule has 0 bridgehead atoms. The third kappa shape index (κ3) is 2.33. The Morgan fingerprint density at radius 3 is 2.38 bits per heavy atom. The number of hydrogen-bond donors (Lipinski definition) is 1. The zero-order valence-electron chi connectivity index (χ0n) is 9.19. The molecule has 0 saturated carbocycles. The van der Waals surface area contributed by atoms with Gasteiger partial charge in [-0.25, -0.2) is 12.8 Å². The standard InChI is InChI=1S/C10H13FO4S/c1-6(12)7-4-5-8(16(3,13)14)9(11)10(7)15-2/h4-6,12H,1-3H3. The van der Waals surface area contributed by atoms with E-state index in [0.717, 1.165) is 12.3 Å². The molecule has 1 N–H and O–H groups in total. The SMILES string of the molecule is COc1c(C(C)O)ccc(S(C)(=O)=O)c1F. The van der Waals surface area contributed by atoms with E-state index in [9.17, 15) is 17.9 Å². The molecule has 0 aliphatic rings. The van der Waals surface area contributed by atoms with Gasteiger partial charge in [-0.2, -0.15) is 0 Å². The highest BCUT2D eigenvalue weighted by Crippen LogP contribution is 2.31. The van der Waals surface area contributed by atoms with Crippen molar-refractivity contribution in [3.63, 3.8) is 0 Å². The van der Waals surface area contributed by atoms with E-state index in [1.165, 1.54) is 20.1 Å². The number of benzene rings is 1. The Morgan fingerprint density at radius 1 is 1.44 bits per heavy atom. The monoisotopic (exact) mass is 248 g/mol. The highest BCUT2D eigenvalue weighted by molar-refractivity contribution is 7.90. The minimum Gasteiger partial charge on any atom is -0.493 e. The minimum atomic E-state index is -3.65. The van der Waals surface area contributed by atoms with Gasteiger partial charge in [0.2, 0.25) is 0 Å². The fourth-order valence-corrected chi connectivity index (χ4v) is 2.11. The topological polar surface area (TPSA) is 63.6 Å². The lowest BCUT2D eigenvalue weighted by molar-refractivity contribution is 0.192. The van der Waals surface area contributed by atoms with Crippen LogP contribution in [0, 0.1) is 5.82 Å². The number of hydrogen-bond acceptors (Lipinski definition) is 4. The van der Waals surface area contributed by atoms with E-state index >= 15 is 0 Å². The second-order valence-corrected chi connectivity index (χ2v) is 5.43. The quantitative estimate of drug-likeness (QED) is 0.875. The van der Waals surface area contributed by atoms with Gasteiger partial charge in [-0.15, -0.1) is 0 Å². The van der Waals surface area contributed by atoms with E-state index in [2.05, 4.69) is 0 Å². The van der Waals surface area contributed by atoms with Gasteiger partial charge >= 0.3 is 0 Å². The van der Waals surface area contributed by atoms with Crippen LogP contribution in [0.4, 0.5) is 4.39 Å². The molecule has 1 aromatic carbocycles. The molecule has 0 radical (unpaired) electrons.